The number of ether oxygens (including phenoxy) is 1. The highest BCUT2D eigenvalue weighted by atomic mass is 19.4. The van der Waals surface area contributed by atoms with E-state index in [0.717, 1.165) is 0 Å². The van der Waals surface area contributed by atoms with Crippen molar-refractivity contribution in [1.82, 2.24) is 0 Å². The largest absolute Gasteiger partial charge is 0.457 e. The monoisotopic (exact) mass is 390 g/mol. The van der Waals surface area contributed by atoms with Crippen LogP contribution in [0, 0.1) is 32.8 Å². The highest BCUT2D eigenvalue weighted by molar-refractivity contribution is 6.15. The van der Waals surface area contributed by atoms with Crippen molar-refractivity contribution in [2.75, 3.05) is 0 Å². The number of Topliss-reactive ketones (excluding diaryl/α,β-unsaturated/α-hetero) is 2. The van der Waals surface area contributed by atoms with Crippen LogP contribution in [0.1, 0.15) is 31.1 Å². The third kappa shape index (κ3) is 5.22. The Bertz CT molecular complexity index is 808. The molecule has 7 nitrogen and oxygen atoms in total. The van der Waals surface area contributed by atoms with Crippen molar-refractivity contribution in [3.8, 4) is 11.8 Å². The van der Waals surface area contributed by atoms with Gasteiger partial charge in [0.1, 0.15) is 5.75 Å². The van der Waals surface area contributed by atoms with Crippen molar-refractivity contribution < 1.29 is 36.8 Å². The molecule has 0 radical (unpaired) electrons. The van der Waals surface area contributed by atoms with Crippen molar-refractivity contribution in [3.05, 3.63) is 33.9 Å². The second-order valence-corrected chi connectivity index (χ2v) is 6.45. The number of rotatable bonds is 6. The average Bonchev–Trinajstić information content (AvgIpc) is 2.53. The zero-order valence-electron chi connectivity index (χ0n) is 14.3. The molecule has 0 fully saturated rings. The van der Waals surface area contributed by atoms with Gasteiger partial charge in [-0.05, 0) is 12.1 Å². The van der Waals surface area contributed by atoms with E-state index in [1.165, 1.54) is 26.8 Å². The van der Waals surface area contributed by atoms with Gasteiger partial charge in [-0.1, -0.05) is 20.8 Å². The molecule has 2 unspecified atom stereocenters. The first kappa shape index (κ1) is 22.0. The van der Waals surface area contributed by atoms with Gasteiger partial charge >= 0.3 is 12.5 Å². The molecule has 0 saturated carbocycles. The number of carbonyl (C=O) groups is 2. The van der Waals surface area contributed by atoms with Crippen LogP contribution in [0.15, 0.2) is 18.2 Å². The van der Waals surface area contributed by atoms with Crippen molar-refractivity contribution >= 4 is 17.3 Å². The van der Waals surface area contributed by atoms with Gasteiger partial charge in [0, 0.05) is 5.41 Å². The van der Waals surface area contributed by atoms with Gasteiger partial charge in [0.15, 0.2) is 17.5 Å². The molecule has 0 amide bonds. The summed E-state index contributed by atoms with van der Waals surface area (Å²) >= 11 is 0. The molecule has 2 atom stereocenters. The van der Waals surface area contributed by atoms with Gasteiger partial charge in [-0.3, -0.25) is 19.7 Å². The molecule has 0 aliphatic carbocycles. The number of halogens is 4. The topological polar surface area (TPSA) is 110 Å². The number of nitrogens with zero attached hydrogens (tertiary/aromatic N) is 2. The minimum absolute atomic E-state index is 0.418. The Labute approximate surface area is 150 Å². The van der Waals surface area contributed by atoms with Crippen LogP contribution in [0.25, 0.3) is 0 Å². The molecular formula is C16H14F4N2O5. The standard InChI is InChI=1S/C16H14F4N2O5/c1-15(2,3)13(24)10(7-21)12(23)9-5-4-8(6-11(9)22(25)26)27-14(17)16(18,19)20/h4-6,10,14H,1-3H3. The summed E-state index contributed by atoms with van der Waals surface area (Å²) in [6.45, 7) is 4.32. The lowest BCUT2D eigenvalue weighted by Gasteiger charge is -2.19. The summed E-state index contributed by atoms with van der Waals surface area (Å²) in [4.78, 5) is 34.7. The smallest absolute Gasteiger partial charge is 0.452 e. The van der Waals surface area contributed by atoms with E-state index >= 15 is 0 Å². The van der Waals surface area contributed by atoms with Gasteiger partial charge in [-0.15, -0.1) is 0 Å². The van der Waals surface area contributed by atoms with E-state index in [1.54, 1.807) is 0 Å². The second-order valence-electron chi connectivity index (χ2n) is 6.45. The lowest BCUT2D eigenvalue weighted by Crippen LogP contribution is -2.33. The number of carbonyl (C=O) groups excluding carboxylic acids is 2. The first-order chi connectivity index (χ1) is 12.2. The zero-order valence-corrected chi connectivity index (χ0v) is 14.3. The van der Waals surface area contributed by atoms with Crippen LogP contribution in [0.4, 0.5) is 23.2 Å². The predicted molar refractivity (Wildman–Crippen MR) is 82.6 cm³/mol. The summed E-state index contributed by atoms with van der Waals surface area (Å²) in [7, 11) is 0. The fraction of sp³-hybridized carbons (Fsp3) is 0.438. The number of nitro groups is 1. The fourth-order valence-electron chi connectivity index (χ4n) is 1.96. The lowest BCUT2D eigenvalue weighted by molar-refractivity contribution is -0.385. The van der Waals surface area contributed by atoms with Crippen molar-refractivity contribution in [2.24, 2.45) is 11.3 Å². The van der Waals surface area contributed by atoms with Crippen LogP contribution in [0.2, 0.25) is 0 Å². The normalized spacial score (nSPS) is 14.0. The first-order valence-electron chi connectivity index (χ1n) is 7.34. The maximum Gasteiger partial charge on any atom is 0.457 e. The van der Waals surface area contributed by atoms with Gasteiger partial charge in [0.25, 0.3) is 5.69 Å². The van der Waals surface area contributed by atoms with E-state index in [4.69, 9.17) is 5.26 Å². The van der Waals surface area contributed by atoms with E-state index in [0.29, 0.717) is 18.2 Å². The first-order valence-corrected chi connectivity index (χ1v) is 7.34. The number of nitro benzene ring substituents is 1. The molecule has 1 aromatic rings. The molecule has 11 heteroatoms. The second kappa shape index (κ2) is 7.69. The summed E-state index contributed by atoms with van der Waals surface area (Å²) in [6, 6.07) is 3.31. The Morgan fingerprint density at radius 1 is 1.26 bits per heavy atom. The Balaban J connectivity index is 3.32. The third-order valence-corrected chi connectivity index (χ3v) is 3.32. The van der Waals surface area contributed by atoms with E-state index in [-0.39, 0.29) is 0 Å². The minimum Gasteiger partial charge on any atom is -0.452 e. The van der Waals surface area contributed by atoms with E-state index in [1.807, 2.05) is 0 Å². The predicted octanol–water partition coefficient (Wildman–Crippen LogP) is 3.77. The lowest BCUT2D eigenvalue weighted by atomic mass is 9.80. The van der Waals surface area contributed by atoms with Crippen LogP contribution >= 0.6 is 0 Å². The number of hydrogen-bond acceptors (Lipinski definition) is 6. The van der Waals surface area contributed by atoms with Gasteiger partial charge < -0.3 is 4.74 Å². The van der Waals surface area contributed by atoms with Gasteiger partial charge in [-0.2, -0.15) is 22.8 Å². The number of hydrogen-bond donors (Lipinski definition) is 0. The van der Waals surface area contributed by atoms with Crippen molar-refractivity contribution in [2.45, 2.75) is 33.3 Å². The third-order valence-electron chi connectivity index (χ3n) is 3.32. The maximum absolute atomic E-state index is 12.9. The molecule has 0 aliphatic heterocycles. The molecule has 0 spiro atoms. The van der Waals surface area contributed by atoms with Crippen LogP contribution in [-0.2, 0) is 4.79 Å². The molecule has 1 rings (SSSR count). The van der Waals surface area contributed by atoms with Crippen LogP contribution < -0.4 is 4.74 Å². The van der Waals surface area contributed by atoms with Crippen LogP contribution in [0.3, 0.4) is 0 Å². The van der Waals surface area contributed by atoms with Crippen molar-refractivity contribution in [3.63, 3.8) is 0 Å². The Morgan fingerprint density at radius 2 is 1.81 bits per heavy atom. The van der Waals surface area contributed by atoms with Crippen molar-refractivity contribution in [1.29, 1.82) is 5.26 Å². The SMILES string of the molecule is CC(C)(C)C(=O)C(C#N)C(=O)c1ccc(OC(F)C(F)(F)F)cc1[N+](=O)[O-]. The number of nitriles is 1. The quantitative estimate of drug-likeness (QED) is 0.240. The summed E-state index contributed by atoms with van der Waals surface area (Å²) < 4.78 is 53.5. The zero-order chi connectivity index (χ0) is 21.2. The highest BCUT2D eigenvalue weighted by Gasteiger charge is 2.43. The minimum atomic E-state index is -5.35. The van der Waals surface area contributed by atoms with E-state index < -0.39 is 57.4 Å². The van der Waals surface area contributed by atoms with Crippen LogP contribution in [-0.4, -0.2) is 29.0 Å². The number of benzene rings is 1. The number of alkyl halides is 4. The molecule has 0 N–H and O–H groups in total. The average molecular weight is 390 g/mol. The molecule has 0 aromatic heterocycles. The summed E-state index contributed by atoms with van der Waals surface area (Å²) in [6.07, 6.45) is -9.08. The molecule has 0 saturated heterocycles. The number of ketones is 2. The molecule has 146 valence electrons. The Morgan fingerprint density at radius 3 is 2.22 bits per heavy atom. The van der Waals surface area contributed by atoms with Gasteiger partial charge in [-0.25, -0.2) is 0 Å². The fourth-order valence-corrected chi connectivity index (χ4v) is 1.96. The van der Waals surface area contributed by atoms with Gasteiger partial charge in [0.2, 0.25) is 0 Å². The van der Waals surface area contributed by atoms with Crippen LogP contribution in [0.5, 0.6) is 5.75 Å². The molecule has 0 heterocycles. The Hall–Kier alpha value is -3.03. The summed E-state index contributed by atoms with van der Waals surface area (Å²) in [5.74, 6) is -4.67. The van der Waals surface area contributed by atoms with Gasteiger partial charge in [0.05, 0.1) is 22.6 Å². The molecule has 1 aromatic carbocycles. The van der Waals surface area contributed by atoms with E-state index in [9.17, 15) is 37.3 Å². The molecule has 0 aliphatic rings. The maximum atomic E-state index is 12.9. The summed E-state index contributed by atoms with van der Waals surface area (Å²) in [5, 5.41) is 20.3. The molecule has 27 heavy (non-hydrogen) atoms. The van der Waals surface area contributed by atoms with E-state index in [2.05, 4.69) is 4.74 Å². The molecule has 0 bridgehead atoms. The molecular weight excluding hydrogens is 376 g/mol. The summed E-state index contributed by atoms with van der Waals surface area (Å²) in [5.41, 5.74) is -2.80. The highest BCUT2D eigenvalue weighted by Crippen LogP contribution is 2.32. The Kier molecular flexibility index (Phi) is 6.27.